The Labute approximate surface area is 117 Å². The fourth-order valence-electron chi connectivity index (χ4n) is 2.12. The molecule has 2 rings (SSSR count). The Hall–Kier alpha value is -1.63. The first-order chi connectivity index (χ1) is 9.58. The lowest BCUT2D eigenvalue weighted by molar-refractivity contribution is -0.159. The van der Waals surface area contributed by atoms with Gasteiger partial charge in [0.25, 0.3) is 0 Å². The third-order valence-electron chi connectivity index (χ3n) is 3.51. The van der Waals surface area contributed by atoms with Crippen LogP contribution in [0.3, 0.4) is 0 Å². The maximum absolute atomic E-state index is 11.9. The molecule has 0 radical (unpaired) electrons. The molecule has 2 amide bonds. The molecule has 0 spiro atoms. The molecular weight excluding hydrogens is 264 g/mol. The number of hydrogen-bond acceptors (Lipinski definition) is 4. The van der Waals surface area contributed by atoms with Gasteiger partial charge in [-0.1, -0.05) is 0 Å². The molecule has 2 aliphatic rings. The van der Waals surface area contributed by atoms with Crippen molar-refractivity contribution in [2.75, 3.05) is 26.2 Å². The average molecular weight is 284 g/mol. The van der Waals surface area contributed by atoms with Gasteiger partial charge in [0.1, 0.15) is 0 Å². The lowest BCUT2D eigenvalue weighted by Crippen LogP contribution is -2.48. The molecule has 1 saturated heterocycles. The molecule has 0 aromatic rings. The summed E-state index contributed by atoms with van der Waals surface area (Å²) in [6.45, 7) is 1.27. The summed E-state index contributed by atoms with van der Waals surface area (Å²) in [5, 5.41) is 11.7. The van der Waals surface area contributed by atoms with Gasteiger partial charge in [0.2, 0.25) is 11.8 Å². The third kappa shape index (κ3) is 4.19. The number of carboxylic acids is 1. The minimum atomic E-state index is -1.04. The SMILES string of the molecule is O=C(NCCCC(=O)N1CCOC(C(=O)O)C1)C1CC1. The molecule has 7 heteroatoms. The Balaban J connectivity index is 1.63. The predicted octanol–water partition coefficient (Wildman–Crippen LogP) is -0.395. The van der Waals surface area contributed by atoms with Gasteiger partial charge in [-0.15, -0.1) is 0 Å². The standard InChI is InChI=1S/C13H20N2O5/c16-11(2-1-5-14-12(17)9-3-4-9)15-6-7-20-10(8-15)13(18)19/h9-10H,1-8H2,(H,14,17)(H,18,19). The van der Waals surface area contributed by atoms with Crippen molar-refractivity contribution in [3.8, 4) is 0 Å². The Bertz CT molecular complexity index is 394. The highest BCUT2D eigenvalue weighted by Crippen LogP contribution is 2.28. The zero-order valence-electron chi connectivity index (χ0n) is 11.3. The van der Waals surface area contributed by atoms with Crippen molar-refractivity contribution in [3.05, 3.63) is 0 Å². The Kier molecular flexibility index (Phi) is 4.94. The first-order valence-corrected chi connectivity index (χ1v) is 6.98. The summed E-state index contributed by atoms with van der Waals surface area (Å²) in [4.78, 5) is 35.6. The number of nitrogens with zero attached hydrogens (tertiary/aromatic N) is 1. The van der Waals surface area contributed by atoms with Gasteiger partial charge in [-0.05, 0) is 19.3 Å². The van der Waals surface area contributed by atoms with Crippen LogP contribution < -0.4 is 5.32 Å². The van der Waals surface area contributed by atoms with E-state index in [0.717, 1.165) is 12.8 Å². The molecular formula is C13H20N2O5. The van der Waals surface area contributed by atoms with Crippen molar-refractivity contribution in [1.82, 2.24) is 10.2 Å². The van der Waals surface area contributed by atoms with Crippen molar-refractivity contribution in [1.29, 1.82) is 0 Å². The molecule has 112 valence electrons. The van der Waals surface area contributed by atoms with Crippen molar-refractivity contribution < 1.29 is 24.2 Å². The van der Waals surface area contributed by atoms with Crippen LogP contribution in [-0.2, 0) is 19.1 Å². The fraction of sp³-hybridized carbons (Fsp3) is 0.769. The lowest BCUT2D eigenvalue weighted by Gasteiger charge is -2.30. The summed E-state index contributed by atoms with van der Waals surface area (Å²) >= 11 is 0. The molecule has 0 aromatic heterocycles. The molecule has 0 bridgehead atoms. The van der Waals surface area contributed by atoms with E-state index in [1.165, 1.54) is 4.90 Å². The maximum atomic E-state index is 11.9. The van der Waals surface area contributed by atoms with E-state index in [1.54, 1.807) is 0 Å². The molecule has 0 aromatic carbocycles. The van der Waals surface area contributed by atoms with Crippen molar-refractivity contribution in [3.63, 3.8) is 0 Å². The molecule has 1 aliphatic carbocycles. The van der Waals surface area contributed by atoms with Crippen LogP contribution in [0.5, 0.6) is 0 Å². The molecule has 7 nitrogen and oxygen atoms in total. The van der Waals surface area contributed by atoms with Crippen molar-refractivity contribution in [2.24, 2.45) is 5.92 Å². The fourth-order valence-corrected chi connectivity index (χ4v) is 2.12. The molecule has 1 saturated carbocycles. The highest BCUT2D eigenvalue weighted by Gasteiger charge is 2.30. The van der Waals surface area contributed by atoms with E-state index >= 15 is 0 Å². The summed E-state index contributed by atoms with van der Waals surface area (Å²) in [5.41, 5.74) is 0. The van der Waals surface area contributed by atoms with Crippen LogP contribution in [-0.4, -0.2) is 60.1 Å². The quantitative estimate of drug-likeness (QED) is 0.647. The molecule has 2 fully saturated rings. The number of rotatable bonds is 6. The summed E-state index contributed by atoms with van der Waals surface area (Å²) in [7, 11) is 0. The second-order valence-electron chi connectivity index (χ2n) is 5.21. The first-order valence-electron chi connectivity index (χ1n) is 6.98. The second-order valence-corrected chi connectivity index (χ2v) is 5.21. The maximum Gasteiger partial charge on any atom is 0.334 e. The van der Waals surface area contributed by atoms with Crippen LogP contribution in [0, 0.1) is 5.92 Å². The summed E-state index contributed by atoms with van der Waals surface area (Å²) in [5.74, 6) is -0.865. The number of morpholine rings is 1. The van der Waals surface area contributed by atoms with Crippen LogP contribution in [0.1, 0.15) is 25.7 Å². The first kappa shape index (κ1) is 14.8. The number of amides is 2. The highest BCUT2D eigenvalue weighted by atomic mass is 16.5. The number of aliphatic carboxylic acids is 1. The van der Waals surface area contributed by atoms with Gasteiger partial charge in [0.05, 0.1) is 13.2 Å². The molecule has 2 N–H and O–H groups in total. The molecule has 1 aliphatic heterocycles. The van der Waals surface area contributed by atoms with E-state index in [-0.39, 0.29) is 30.9 Å². The molecule has 1 atom stereocenters. The minimum Gasteiger partial charge on any atom is -0.479 e. The van der Waals surface area contributed by atoms with Crippen molar-refractivity contribution >= 4 is 17.8 Å². The number of carboxylic acid groups (broad SMARTS) is 1. The average Bonchev–Trinajstić information content (AvgIpc) is 3.27. The summed E-state index contributed by atoms with van der Waals surface area (Å²) < 4.78 is 5.06. The van der Waals surface area contributed by atoms with E-state index in [2.05, 4.69) is 5.32 Å². The number of ether oxygens (including phenoxy) is 1. The zero-order valence-corrected chi connectivity index (χ0v) is 11.3. The Morgan fingerprint density at radius 3 is 2.70 bits per heavy atom. The second kappa shape index (κ2) is 6.69. The van der Waals surface area contributed by atoms with Crippen LogP contribution in [0.15, 0.2) is 0 Å². The zero-order chi connectivity index (χ0) is 14.5. The van der Waals surface area contributed by atoms with Gasteiger partial charge < -0.3 is 20.1 Å². The van der Waals surface area contributed by atoms with Gasteiger partial charge >= 0.3 is 5.97 Å². The van der Waals surface area contributed by atoms with Gasteiger partial charge in [-0.2, -0.15) is 0 Å². The molecule has 1 heterocycles. The van der Waals surface area contributed by atoms with Gasteiger partial charge in [0.15, 0.2) is 6.10 Å². The molecule has 20 heavy (non-hydrogen) atoms. The molecule has 1 unspecified atom stereocenters. The van der Waals surface area contributed by atoms with Gasteiger partial charge in [-0.25, -0.2) is 4.79 Å². The minimum absolute atomic E-state index is 0.0785. The van der Waals surface area contributed by atoms with E-state index in [1.807, 2.05) is 0 Å². The monoisotopic (exact) mass is 284 g/mol. The van der Waals surface area contributed by atoms with Gasteiger partial charge in [0, 0.05) is 25.4 Å². The summed E-state index contributed by atoms with van der Waals surface area (Å²) in [6, 6.07) is 0. The van der Waals surface area contributed by atoms with E-state index in [0.29, 0.717) is 25.9 Å². The number of carbonyl (C=O) groups is 3. The van der Waals surface area contributed by atoms with Crippen LogP contribution in [0.25, 0.3) is 0 Å². The topological polar surface area (TPSA) is 95.9 Å². The van der Waals surface area contributed by atoms with E-state index in [9.17, 15) is 14.4 Å². The largest absolute Gasteiger partial charge is 0.479 e. The smallest absolute Gasteiger partial charge is 0.334 e. The van der Waals surface area contributed by atoms with E-state index < -0.39 is 12.1 Å². The normalized spacial score (nSPS) is 22.4. The number of nitrogens with one attached hydrogen (secondary N) is 1. The predicted molar refractivity (Wildman–Crippen MR) is 68.9 cm³/mol. The number of carbonyl (C=O) groups excluding carboxylic acids is 2. The Morgan fingerprint density at radius 1 is 1.30 bits per heavy atom. The van der Waals surface area contributed by atoms with Crippen LogP contribution in [0.2, 0.25) is 0 Å². The highest BCUT2D eigenvalue weighted by molar-refractivity contribution is 5.81. The van der Waals surface area contributed by atoms with Crippen LogP contribution >= 0.6 is 0 Å². The Morgan fingerprint density at radius 2 is 2.05 bits per heavy atom. The number of hydrogen-bond donors (Lipinski definition) is 2. The third-order valence-corrected chi connectivity index (χ3v) is 3.51. The van der Waals surface area contributed by atoms with Gasteiger partial charge in [-0.3, -0.25) is 9.59 Å². The summed E-state index contributed by atoms with van der Waals surface area (Å²) in [6.07, 6.45) is 1.90. The van der Waals surface area contributed by atoms with Crippen molar-refractivity contribution in [2.45, 2.75) is 31.8 Å². The van der Waals surface area contributed by atoms with E-state index in [4.69, 9.17) is 9.84 Å². The lowest BCUT2D eigenvalue weighted by atomic mass is 10.2. The van der Waals surface area contributed by atoms with Crippen LogP contribution in [0.4, 0.5) is 0 Å².